The predicted molar refractivity (Wildman–Crippen MR) is 114 cm³/mol. The molecule has 1 N–H and O–H groups in total. The lowest BCUT2D eigenvalue weighted by Gasteiger charge is -2.22. The average molecular weight is 390 g/mol. The molecule has 4 rings (SSSR count). The monoisotopic (exact) mass is 390 g/mol. The Kier molecular flexibility index (Phi) is 5.65. The number of amides is 1. The number of aromatic nitrogens is 1. The summed E-state index contributed by atoms with van der Waals surface area (Å²) in [6.45, 7) is 0. The molecule has 5 nitrogen and oxygen atoms in total. The van der Waals surface area contributed by atoms with Crippen molar-refractivity contribution in [2.24, 2.45) is 5.92 Å². The van der Waals surface area contributed by atoms with E-state index in [0.717, 1.165) is 42.3 Å². The fourth-order valence-corrected chi connectivity index (χ4v) is 4.28. The second kappa shape index (κ2) is 8.52. The number of pyridine rings is 1. The van der Waals surface area contributed by atoms with Crippen LogP contribution in [0.25, 0.3) is 10.9 Å². The summed E-state index contributed by atoms with van der Waals surface area (Å²) in [4.78, 5) is 17.9. The highest BCUT2D eigenvalue weighted by Crippen LogP contribution is 2.32. The second-order valence-electron chi connectivity index (χ2n) is 7.51. The van der Waals surface area contributed by atoms with Gasteiger partial charge in [-0.25, -0.2) is 0 Å². The third-order valence-electron chi connectivity index (χ3n) is 5.76. The zero-order valence-electron chi connectivity index (χ0n) is 16.9. The Morgan fingerprint density at radius 1 is 1.00 bits per heavy atom. The molecule has 1 aromatic heterocycles. The first-order valence-electron chi connectivity index (χ1n) is 10.1. The Morgan fingerprint density at radius 3 is 2.52 bits per heavy atom. The maximum absolute atomic E-state index is 13.0. The Bertz CT molecular complexity index is 996. The van der Waals surface area contributed by atoms with E-state index in [1.807, 2.05) is 24.3 Å². The molecule has 2 aromatic carbocycles. The number of carbonyl (C=O) groups excluding carboxylic acids is 1. The molecule has 1 heterocycles. The van der Waals surface area contributed by atoms with E-state index in [2.05, 4.69) is 23.5 Å². The average Bonchev–Trinajstić information content (AvgIpc) is 3.19. The topological polar surface area (TPSA) is 60.5 Å². The van der Waals surface area contributed by atoms with Crippen LogP contribution < -0.4 is 14.8 Å². The van der Waals surface area contributed by atoms with Gasteiger partial charge in [-0.2, -0.15) is 0 Å². The van der Waals surface area contributed by atoms with Gasteiger partial charge >= 0.3 is 0 Å². The Labute approximate surface area is 171 Å². The van der Waals surface area contributed by atoms with Crippen molar-refractivity contribution in [3.8, 4) is 11.5 Å². The molecule has 150 valence electrons. The number of carbonyl (C=O) groups is 1. The van der Waals surface area contributed by atoms with Crippen molar-refractivity contribution in [1.82, 2.24) is 10.3 Å². The van der Waals surface area contributed by atoms with Crippen molar-refractivity contribution in [1.29, 1.82) is 0 Å². The first-order chi connectivity index (χ1) is 14.2. The van der Waals surface area contributed by atoms with E-state index >= 15 is 0 Å². The molecule has 0 radical (unpaired) electrons. The number of nitrogens with one attached hydrogen (secondary N) is 1. The molecule has 1 aliphatic rings. The van der Waals surface area contributed by atoms with Crippen molar-refractivity contribution in [2.75, 3.05) is 14.2 Å². The number of benzene rings is 2. The Morgan fingerprint density at radius 2 is 1.76 bits per heavy atom. The number of ether oxygens (including phenoxy) is 2. The fraction of sp³-hybridized carbons (Fsp3) is 0.333. The molecule has 0 saturated heterocycles. The van der Waals surface area contributed by atoms with Gasteiger partial charge in [-0.05, 0) is 49.4 Å². The summed E-state index contributed by atoms with van der Waals surface area (Å²) in [5, 5.41) is 4.37. The first-order valence-corrected chi connectivity index (χ1v) is 10.1. The summed E-state index contributed by atoms with van der Waals surface area (Å²) in [5.74, 6) is 1.26. The van der Waals surface area contributed by atoms with Crippen LogP contribution in [0, 0.1) is 5.92 Å². The van der Waals surface area contributed by atoms with Crippen LogP contribution in [0.3, 0.4) is 0 Å². The van der Waals surface area contributed by atoms with Crippen molar-refractivity contribution in [3.63, 3.8) is 0 Å². The van der Waals surface area contributed by atoms with Crippen molar-refractivity contribution in [3.05, 3.63) is 65.9 Å². The van der Waals surface area contributed by atoms with Crippen LogP contribution >= 0.6 is 0 Å². The predicted octanol–water partition coefficient (Wildman–Crippen LogP) is 4.39. The highest BCUT2D eigenvalue weighted by molar-refractivity contribution is 6.00. The molecule has 0 aliphatic heterocycles. The van der Waals surface area contributed by atoms with Crippen LogP contribution in [0.1, 0.15) is 35.3 Å². The van der Waals surface area contributed by atoms with E-state index in [-0.39, 0.29) is 11.9 Å². The van der Waals surface area contributed by atoms with E-state index < -0.39 is 0 Å². The van der Waals surface area contributed by atoms with Crippen LogP contribution in [0.5, 0.6) is 11.5 Å². The number of para-hydroxylation sites is 1. The van der Waals surface area contributed by atoms with Crippen LogP contribution in [-0.4, -0.2) is 31.2 Å². The van der Waals surface area contributed by atoms with Crippen LogP contribution in [0.15, 0.2) is 54.6 Å². The van der Waals surface area contributed by atoms with E-state index in [9.17, 15) is 4.79 Å². The number of methoxy groups -OCH3 is 2. The summed E-state index contributed by atoms with van der Waals surface area (Å²) in [6.07, 6.45) is 4.02. The summed E-state index contributed by atoms with van der Waals surface area (Å²) in [6, 6.07) is 17.9. The lowest BCUT2D eigenvalue weighted by atomic mass is 9.96. The van der Waals surface area contributed by atoms with E-state index in [0.29, 0.717) is 23.0 Å². The van der Waals surface area contributed by atoms with Crippen molar-refractivity contribution in [2.45, 2.75) is 31.7 Å². The highest BCUT2D eigenvalue weighted by atomic mass is 16.5. The number of fused-ring (bicyclic) bond motifs is 1. The lowest BCUT2D eigenvalue weighted by molar-refractivity contribution is 0.0921. The van der Waals surface area contributed by atoms with E-state index in [1.54, 1.807) is 26.4 Å². The van der Waals surface area contributed by atoms with Gasteiger partial charge in [0, 0.05) is 17.1 Å². The summed E-state index contributed by atoms with van der Waals surface area (Å²) in [5.41, 5.74) is 2.54. The van der Waals surface area contributed by atoms with Crippen molar-refractivity contribution >= 4 is 16.8 Å². The number of nitrogens with zero attached hydrogens (tertiary/aromatic N) is 1. The normalized spacial score (nSPS) is 18.6. The van der Waals surface area contributed by atoms with Gasteiger partial charge in [-0.1, -0.05) is 36.8 Å². The minimum Gasteiger partial charge on any atom is -0.496 e. The largest absolute Gasteiger partial charge is 0.496 e. The maximum Gasteiger partial charge on any atom is 0.259 e. The molecule has 0 unspecified atom stereocenters. The zero-order valence-corrected chi connectivity index (χ0v) is 16.9. The molecule has 1 amide bonds. The zero-order chi connectivity index (χ0) is 20.2. The van der Waals surface area contributed by atoms with Crippen LogP contribution in [-0.2, 0) is 6.42 Å². The number of hydrogen-bond donors (Lipinski definition) is 1. The fourth-order valence-electron chi connectivity index (χ4n) is 4.28. The van der Waals surface area contributed by atoms with Crippen LogP contribution in [0.4, 0.5) is 0 Å². The maximum atomic E-state index is 13.0. The quantitative estimate of drug-likeness (QED) is 0.678. The van der Waals surface area contributed by atoms with E-state index in [4.69, 9.17) is 14.5 Å². The first kappa shape index (κ1) is 19.2. The number of rotatable bonds is 6. The summed E-state index contributed by atoms with van der Waals surface area (Å²) in [7, 11) is 3.13. The van der Waals surface area contributed by atoms with E-state index in [1.165, 1.54) is 0 Å². The number of hydrogen-bond acceptors (Lipinski definition) is 4. The smallest absolute Gasteiger partial charge is 0.259 e. The summed E-state index contributed by atoms with van der Waals surface area (Å²) < 4.78 is 10.8. The molecular weight excluding hydrogens is 364 g/mol. The summed E-state index contributed by atoms with van der Waals surface area (Å²) >= 11 is 0. The third-order valence-corrected chi connectivity index (χ3v) is 5.76. The van der Waals surface area contributed by atoms with Crippen LogP contribution in [0.2, 0.25) is 0 Å². The van der Waals surface area contributed by atoms with Gasteiger partial charge in [0.1, 0.15) is 17.1 Å². The highest BCUT2D eigenvalue weighted by Gasteiger charge is 2.30. The molecule has 1 aliphatic carbocycles. The van der Waals surface area contributed by atoms with Gasteiger partial charge < -0.3 is 14.8 Å². The minimum absolute atomic E-state index is 0.116. The molecule has 3 aromatic rings. The van der Waals surface area contributed by atoms with Gasteiger partial charge in [0.25, 0.3) is 5.91 Å². The standard InChI is InChI=1S/C24H26N2O3/c1-28-21-11-6-12-22(29-2)23(21)24(27)26-20-10-5-8-17(20)15-18-14-13-16-7-3-4-9-19(16)25-18/h3-4,6-7,9,11-14,17,20H,5,8,10,15H2,1-2H3,(H,26,27)/t17-,20+/m0/s1. The molecule has 1 saturated carbocycles. The van der Waals surface area contributed by atoms with Gasteiger partial charge in [-0.3, -0.25) is 9.78 Å². The van der Waals surface area contributed by atoms with Gasteiger partial charge in [-0.15, -0.1) is 0 Å². The van der Waals surface area contributed by atoms with Gasteiger partial charge in [0.2, 0.25) is 0 Å². The molecule has 0 spiro atoms. The van der Waals surface area contributed by atoms with Crippen molar-refractivity contribution < 1.29 is 14.3 Å². The third kappa shape index (κ3) is 4.04. The lowest BCUT2D eigenvalue weighted by Crippen LogP contribution is -2.38. The molecule has 0 bridgehead atoms. The Hall–Kier alpha value is -3.08. The molecule has 5 heteroatoms. The SMILES string of the molecule is COc1cccc(OC)c1C(=O)N[C@@H]1CCC[C@H]1Cc1ccc2ccccc2n1. The molecule has 2 atom stereocenters. The molecule has 1 fully saturated rings. The van der Waals surface area contributed by atoms with Gasteiger partial charge in [0.05, 0.1) is 19.7 Å². The minimum atomic E-state index is -0.150. The second-order valence-corrected chi connectivity index (χ2v) is 7.51. The molecule has 29 heavy (non-hydrogen) atoms. The van der Waals surface area contributed by atoms with Gasteiger partial charge in [0.15, 0.2) is 0 Å². The Balaban J connectivity index is 1.51. The molecular formula is C24H26N2O3.